The van der Waals surface area contributed by atoms with Gasteiger partial charge in [-0.2, -0.15) is 11.5 Å². The van der Waals surface area contributed by atoms with Crippen molar-refractivity contribution in [3.8, 4) is 11.1 Å². The molecule has 0 saturated carbocycles. The van der Waals surface area contributed by atoms with Crippen LogP contribution in [0.5, 0.6) is 0 Å². The molecule has 5 rings (SSSR count). The standard InChI is InChI=1S/C25H19BClN/c27-26-18-19-15-16-22(17-24(19)23-13-7-8-14-25(23)26)28(20-9-3-1-4-10-20)21-11-5-2-6-12-21/h1-17H,18H2. The smallest absolute Gasteiger partial charge is 0.288 e. The zero-order chi connectivity index (χ0) is 18.9. The molecule has 0 amide bonds. The second kappa shape index (κ2) is 7.22. The van der Waals surface area contributed by atoms with Crippen LogP contribution < -0.4 is 10.4 Å². The Morgan fingerprint density at radius 1 is 0.607 bits per heavy atom. The third-order valence-corrected chi connectivity index (χ3v) is 5.76. The molecule has 4 aromatic carbocycles. The van der Waals surface area contributed by atoms with Gasteiger partial charge in [0.2, 0.25) is 0 Å². The Labute approximate surface area is 171 Å². The van der Waals surface area contributed by atoms with Gasteiger partial charge in [0.1, 0.15) is 0 Å². The maximum absolute atomic E-state index is 6.66. The number of rotatable bonds is 3. The molecule has 0 N–H and O–H groups in total. The number of halogens is 1. The quantitative estimate of drug-likeness (QED) is 0.375. The minimum Gasteiger partial charge on any atom is -0.310 e. The van der Waals surface area contributed by atoms with E-state index in [2.05, 4.69) is 108 Å². The second-order valence-electron chi connectivity index (χ2n) is 7.11. The van der Waals surface area contributed by atoms with Gasteiger partial charge in [-0.3, -0.25) is 0 Å². The molecule has 3 heteroatoms. The number of benzene rings is 4. The minimum absolute atomic E-state index is 0.0360. The van der Waals surface area contributed by atoms with E-state index in [1.807, 2.05) is 0 Å². The molecule has 0 radical (unpaired) electrons. The maximum atomic E-state index is 6.66. The SMILES string of the molecule is ClB1Cc2ccc(N(c3ccccc3)c3ccccc3)cc2-c2ccccc21. The van der Waals surface area contributed by atoms with Crippen molar-refractivity contribution < 1.29 is 0 Å². The highest BCUT2D eigenvalue weighted by atomic mass is 35.5. The Bertz CT molecular complexity index is 1070. The lowest BCUT2D eigenvalue weighted by Gasteiger charge is -2.28. The first kappa shape index (κ1) is 17.2. The van der Waals surface area contributed by atoms with Gasteiger partial charge < -0.3 is 4.90 Å². The summed E-state index contributed by atoms with van der Waals surface area (Å²) in [6.45, 7) is 0. The first-order valence-electron chi connectivity index (χ1n) is 9.58. The third-order valence-electron chi connectivity index (χ3n) is 5.37. The van der Waals surface area contributed by atoms with E-state index >= 15 is 0 Å². The molecular formula is C25H19BClN. The fourth-order valence-electron chi connectivity index (χ4n) is 4.05. The van der Waals surface area contributed by atoms with Crippen LogP contribution in [0.4, 0.5) is 17.1 Å². The lowest BCUT2D eigenvalue weighted by Crippen LogP contribution is -2.32. The Kier molecular flexibility index (Phi) is 4.42. The van der Waals surface area contributed by atoms with Gasteiger partial charge in [0.15, 0.2) is 0 Å². The summed E-state index contributed by atoms with van der Waals surface area (Å²) in [5.41, 5.74) is 8.50. The van der Waals surface area contributed by atoms with E-state index in [1.54, 1.807) is 0 Å². The van der Waals surface area contributed by atoms with Crippen molar-refractivity contribution in [2.24, 2.45) is 0 Å². The van der Waals surface area contributed by atoms with Crippen molar-refractivity contribution in [3.05, 3.63) is 109 Å². The number of fused-ring (bicyclic) bond motifs is 3. The predicted octanol–water partition coefficient (Wildman–Crippen LogP) is 6.36. The van der Waals surface area contributed by atoms with Crippen LogP contribution in [0.1, 0.15) is 5.56 Å². The predicted molar refractivity (Wildman–Crippen MR) is 122 cm³/mol. The van der Waals surface area contributed by atoms with Gasteiger partial charge in [-0.05, 0) is 59.4 Å². The molecule has 4 aromatic rings. The number of hydrogen-bond donors (Lipinski definition) is 0. The van der Waals surface area contributed by atoms with Gasteiger partial charge in [0.05, 0.1) is 0 Å². The van der Waals surface area contributed by atoms with Crippen molar-refractivity contribution in [1.82, 2.24) is 0 Å². The van der Waals surface area contributed by atoms with Crippen LogP contribution in [0.2, 0.25) is 0 Å². The van der Waals surface area contributed by atoms with Gasteiger partial charge in [-0.1, -0.05) is 72.2 Å². The summed E-state index contributed by atoms with van der Waals surface area (Å²) in [5.74, 6) is 0. The van der Waals surface area contributed by atoms with E-state index in [9.17, 15) is 0 Å². The van der Waals surface area contributed by atoms with E-state index in [0.29, 0.717) is 0 Å². The number of nitrogens with zero attached hydrogens (tertiary/aromatic N) is 1. The number of hydrogen-bond acceptors (Lipinski definition) is 1. The Morgan fingerprint density at radius 2 is 1.21 bits per heavy atom. The second-order valence-corrected chi connectivity index (χ2v) is 7.63. The van der Waals surface area contributed by atoms with Crippen LogP contribution in [0.3, 0.4) is 0 Å². The molecular weight excluding hydrogens is 361 g/mol. The van der Waals surface area contributed by atoms with Crippen LogP contribution >= 0.6 is 11.5 Å². The summed E-state index contributed by atoms with van der Waals surface area (Å²) < 4.78 is 0. The first-order valence-corrected chi connectivity index (χ1v) is 10.0. The van der Waals surface area contributed by atoms with Gasteiger partial charge >= 0.3 is 0 Å². The summed E-state index contributed by atoms with van der Waals surface area (Å²) >= 11 is 6.66. The normalized spacial score (nSPS) is 12.2. The monoisotopic (exact) mass is 379 g/mol. The lowest BCUT2D eigenvalue weighted by molar-refractivity contribution is 1.26. The molecule has 0 bridgehead atoms. The van der Waals surface area contributed by atoms with Crippen molar-refractivity contribution >= 4 is 40.1 Å². The van der Waals surface area contributed by atoms with E-state index in [0.717, 1.165) is 23.4 Å². The fourth-order valence-corrected chi connectivity index (χ4v) is 4.41. The number of anilines is 3. The molecule has 1 aliphatic heterocycles. The van der Waals surface area contributed by atoms with E-state index < -0.39 is 0 Å². The summed E-state index contributed by atoms with van der Waals surface area (Å²) in [6.07, 6.45) is 0.902. The summed E-state index contributed by atoms with van der Waals surface area (Å²) in [7, 11) is 0. The molecule has 1 aliphatic rings. The summed E-state index contributed by atoms with van der Waals surface area (Å²) in [5, 5.41) is 0. The van der Waals surface area contributed by atoms with Gasteiger partial charge in [-0.15, -0.1) is 0 Å². The molecule has 0 fully saturated rings. The zero-order valence-corrected chi connectivity index (χ0v) is 16.2. The molecule has 1 nitrogen and oxygen atoms in total. The molecule has 0 spiro atoms. The fraction of sp³-hybridized carbons (Fsp3) is 0.0400. The van der Waals surface area contributed by atoms with Crippen molar-refractivity contribution in [2.75, 3.05) is 4.90 Å². The average molecular weight is 380 g/mol. The molecule has 0 atom stereocenters. The molecule has 0 aliphatic carbocycles. The Balaban J connectivity index is 1.69. The third kappa shape index (κ3) is 3.00. The Hall–Kier alpha value is -2.97. The van der Waals surface area contributed by atoms with Crippen LogP contribution in [0.25, 0.3) is 11.1 Å². The molecule has 28 heavy (non-hydrogen) atoms. The van der Waals surface area contributed by atoms with E-state index in [4.69, 9.17) is 11.5 Å². The highest BCUT2D eigenvalue weighted by Crippen LogP contribution is 2.38. The van der Waals surface area contributed by atoms with E-state index in [1.165, 1.54) is 22.2 Å². The molecule has 0 unspecified atom stereocenters. The van der Waals surface area contributed by atoms with Gasteiger partial charge in [0.25, 0.3) is 6.13 Å². The maximum Gasteiger partial charge on any atom is 0.288 e. The lowest BCUT2D eigenvalue weighted by atomic mass is 9.57. The van der Waals surface area contributed by atoms with Crippen LogP contribution in [0, 0.1) is 0 Å². The first-order chi connectivity index (χ1) is 13.8. The highest BCUT2D eigenvalue weighted by Gasteiger charge is 2.26. The van der Waals surface area contributed by atoms with E-state index in [-0.39, 0.29) is 6.13 Å². The zero-order valence-electron chi connectivity index (χ0n) is 15.4. The topological polar surface area (TPSA) is 3.24 Å². The molecule has 0 aromatic heterocycles. The largest absolute Gasteiger partial charge is 0.310 e. The molecule has 0 saturated heterocycles. The minimum atomic E-state index is 0.0360. The van der Waals surface area contributed by atoms with Crippen LogP contribution in [-0.2, 0) is 6.32 Å². The summed E-state index contributed by atoms with van der Waals surface area (Å²) in [4.78, 5) is 2.30. The molecule has 1 heterocycles. The van der Waals surface area contributed by atoms with Crippen molar-refractivity contribution in [2.45, 2.75) is 6.32 Å². The van der Waals surface area contributed by atoms with Crippen LogP contribution in [-0.4, -0.2) is 6.13 Å². The summed E-state index contributed by atoms with van der Waals surface area (Å²) in [6, 6.07) is 36.3. The Morgan fingerprint density at radius 3 is 1.89 bits per heavy atom. The van der Waals surface area contributed by atoms with Gasteiger partial charge in [-0.25, -0.2) is 0 Å². The van der Waals surface area contributed by atoms with Crippen molar-refractivity contribution in [1.29, 1.82) is 0 Å². The molecule has 134 valence electrons. The van der Waals surface area contributed by atoms with Crippen molar-refractivity contribution in [3.63, 3.8) is 0 Å². The number of para-hydroxylation sites is 2. The highest BCUT2D eigenvalue weighted by molar-refractivity contribution is 7.14. The average Bonchev–Trinajstić information content (AvgIpc) is 2.76. The van der Waals surface area contributed by atoms with Gasteiger partial charge in [0, 0.05) is 17.1 Å². The van der Waals surface area contributed by atoms with Crippen LogP contribution in [0.15, 0.2) is 103 Å².